The van der Waals surface area contributed by atoms with Gasteiger partial charge >= 0.3 is 0 Å². The van der Waals surface area contributed by atoms with Crippen molar-refractivity contribution in [1.29, 1.82) is 0 Å². The maximum Gasteiger partial charge on any atom is 0.290 e. The van der Waals surface area contributed by atoms with Crippen molar-refractivity contribution in [3.8, 4) is 0 Å². The summed E-state index contributed by atoms with van der Waals surface area (Å²) in [5.41, 5.74) is 0.662. The summed E-state index contributed by atoms with van der Waals surface area (Å²) in [7, 11) is 1.66. The van der Waals surface area contributed by atoms with Crippen LogP contribution < -0.4 is 10.5 Å². The average molecular weight is 209 g/mol. The van der Waals surface area contributed by atoms with Crippen molar-refractivity contribution in [2.45, 2.75) is 13.0 Å². The van der Waals surface area contributed by atoms with Gasteiger partial charge in [-0.15, -0.1) is 0 Å². The van der Waals surface area contributed by atoms with Crippen LogP contribution in [0.25, 0.3) is 0 Å². The summed E-state index contributed by atoms with van der Waals surface area (Å²) >= 11 is 0. The molecule has 2 rings (SSSR count). The topological polar surface area (TPSA) is 47.4 Å². The van der Waals surface area contributed by atoms with Gasteiger partial charge in [0.25, 0.3) is 5.56 Å². The van der Waals surface area contributed by atoms with Gasteiger partial charge in [0.15, 0.2) is 0 Å². The molecule has 0 aliphatic carbocycles. The van der Waals surface area contributed by atoms with E-state index in [1.807, 2.05) is 0 Å². The molecular formula is C10H15N3O2. The highest BCUT2D eigenvalue weighted by atomic mass is 16.5. The molecule has 82 valence electrons. The van der Waals surface area contributed by atoms with E-state index in [1.165, 1.54) is 4.68 Å². The lowest BCUT2D eigenvalue weighted by Crippen LogP contribution is -2.46. The normalized spacial score (nSPS) is 21.7. The smallest absolute Gasteiger partial charge is 0.290 e. The van der Waals surface area contributed by atoms with Gasteiger partial charge in [0.2, 0.25) is 0 Å². The minimum absolute atomic E-state index is 0.0498. The fourth-order valence-electron chi connectivity index (χ4n) is 1.80. The molecule has 0 saturated carbocycles. The van der Waals surface area contributed by atoms with Crippen molar-refractivity contribution in [2.24, 2.45) is 7.05 Å². The van der Waals surface area contributed by atoms with Crippen LogP contribution in [0.15, 0.2) is 17.1 Å². The molecule has 1 atom stereocenters. The second-order valence-corrected chi connectivity index (χ2v) is 3.76. The Balaban J connectivity index is 2.36. The third-order valence-corrected chi connectivity index (χ3v) is 2.66. The van der Waals surface area contributed by atoms with Crippen LogP contribution in [0.2, 0.25) is 0 Å². The van der Waals surface area contributed by atoms with Crippen molar-refractivity contribution in [3.63, 3.8) is 0 Å². The Labute approximate surface area is 88.3 Å². The van der Waals surface area contributed by atoms with E-state index in [4.69, 9.17) is 4.74 Å². The van der Waals surface area contributed by atoms with E-state index in [0.29, 0.717) is 18.9 Å². The molecule has 5 nitrogen and oxygen atoms in total. The lowest BCUT2D eigenvalue weighted by molar-refractivity contribution is 0.0987. The van der Waals surface area contributed by atoms with E-state index < -0.39 is 0 Å². The number of nitrogens with zero attached hydrogens (tertiary/aromatic N) is 3. The molecule has 0 spiro atoms. The summed E-state index contributed by atoms with van der Waals surface area (Å²) in [4.78, 5) is 13.9. The average Bonchev–Trinajstić information content (AvgIpc) is 2.23. The minimum Gasteiger partial charge on any atom is -0.377 e. The van der Waals surface area contributed by atoms with Crippen molar-refractivity contribution in [2.75, 3.05) is 24.7 Å². The highest BCUT2D eigenvalue weighted by Crippen LogP contribution is 2.14. The molecule has 1 unspecified atom stereocenters. The first-order chi connectivity index (χ1) is 7.20. The zero-order chi connectivity index (χ0) is 10.8. The lowest BCUT2D eigenvalue weighted by Gasteiger charge is -2.34. The van der Waals surface area contributed by atoms with Gasteiger partial charge in [-0.3, -0.25) is 4.79 Å². The summed E-state index contributed by atoms with van der Waals surface area (Å²) in [6.45, 7) is 4.17. The molecule has 1 aliphatic heterocycles. The fraction of sp³-hybridized carbons (Fsp3) is 0.600. The maximum atomic E-state index is 11.8. The van der Waals surface area contributed by atoms with Gasteiger partial charge in [-0.1, -0.05) is 0 Å². The van der Waals surface area contributed by atoms with Gasteiger partial charge in [-0.2, -0.15) is 5.10 Å². The first kappa shape index (κ1) is 10.2. The van der Waals surface area contributed by atoms with Crippen molar-refractivity contribution in [3.05, 3.63) is 22.6 Å². The van der Waals surface area contributed by atoms with E-state index in [0.717, 1.165) is 6.54 Å². The molecular weight excluding hydrogens is 194 g/mol. The van der Waals surface area contributed by atoms with Crippen LogP contribution in [0, 0.1) is 0 Å². The third-order valence-electron chi connectivity index (χ3n) is 2.66. The van der Waals surface area contributed by atoms with E-state index in [1.54, 1.807) is 19.3 Å². The quantitative estimate of drug-likeness (QED) is 0.653. The summed E-state index contributed by atoms with van der Waals surface area (Å²) < 4.78 is 6.70. The second kappa shape index (κ2) is 4.02. The first-order valence-corrected chi connectivity index (χ1v) is 5.07. The molecule has 0 radical (unpaired) electrons. The van der Waals surface area contributed by atoms with Gasteiger partial charge < -0.3 is 9.64 Å². The Bertz CT molecular complexity index is 402. The molecule has 1 fully saturated rings. The number of ether oxygens (including phenoxy) is 1. The Morgan fingerprint density at radius 1 is 1.60 bits per heavy atom. The Kier molecular flexibility index (Phi) is 2.73. The predicted molar refractivity (Wildman–Crippen MR) is 57.1 cm³/mol. The van der Waals surface area contributed by atoms with E-state index >= 15 is 0 Å². The predicted octanol–water partition coefficient (Wildman–Crippen LogP) is 0.00540. The number of hydrogen-bond donors (Lipinski definition) is 0. The van der Waals surface area contributed by atoms with Gasteiger partial charge in [-0.05, 0) is 13.0 Å². The number of anilines is 1. The van der Waals surface area contributed by atoms with Crippen molar-refractivity contribution >= 4 is 5.69 Å². The zero-order valence-corrected chi connectivity index (χ0v) is 9.01. The molecule has 0 amide bonds. The SMILES string of the molecule is CC1COCCN1c1ccnn(C)c1=O. The number of rotatable bonds is 1. The summed E-state index contributed by atoms with van der Waals surface area (Å²) in [6, 6.07) is 2.01. The van der Waals surface area contributed by atoms with Gasteiger partial charge in [0.05, 0.1) is 13.2 Å². The lowest BCUT2D eigenvalue weighted by atomic mass is 10.2. The largest absolute Gasteiger partial charge is 0.377 e. The highest BCUT2D eigenvalue weighted by molar-refractivity contribution is 5.44. The molecule has 15 heavy (non-hydrogen) atoms. The fourth-order valence-corrected chi connectivity index (χ4v) is 1.80. The first-order valence-electron chi connectivity index (χ1n) is 5.07. The molecule has 2 heterocycles. The number of aryl methyl sites for hydroxylation is 1. The second-order valence-electron chi connectivity index (χ2n) is 3.76. The molecule has 1 aromatic heterocycles. The van der Waals surface area contributed by atoms with E-state index in [2.05, 4.69) is 16.9 Å². The maximum absolute atomic E-state index is 11.8. The van der Waals surface area contributed by atoms with Crippen molar-refractivity contribution in [1.82, 2.24) is 9.78 Å². The molecule has 0 aromatic carbocycles. The molecule has 5 heteroatoms. The van der Waals surface area contributed by atoms with Crippen LogP contribution in [-0.4, -0.2) is 35.6 Å². The van der Waals surface area contributed by atoms with Gasteiger partial charge in [0, 0.05) is 25.8 Å². The molecule has 1 aliphatic rings. The monoisotopic (exact) mass is 209 g/mol. The Hall–Kier alpha value is -1.36. The summed E-state index contributed by atoms with van der Waals surface area (Å²) in [5.74, 6) is 0. The van der Waals surface area contributed by atoms with Crippen LogP contribution >= 0.6 is 0 Å². The molecule has 1 aromatic rings. The highest BCUT2D eigenvalue weighted by Gasteiger charge is 2.21. The Morgan fingerprint density at radius 2 is 2.40 bits per heavy atom. The van der Waals surface area contributed by atoms with Crippen LogP contribution in [0.4, 0.5) is 5.69 Å². The minimum atomic E-state index is -0.0498. The number of aromatic nitrogens is 2. The van der Waals surface area contributed by atoms with E-state index in [9.17, 15) is 4.79 Å². The summed E-state index contributed by atoms with van der Waals surface area (Å²) in [6.07, 6.45) is 1.65. The molecule has 0 bridgehead atoms. The number of morpholine rings is 1. The number of hydrogen-bond acceptors (Lipinski definition) is 4. The van der Waals surface area contributed by atoms with Gasteiger partial charge in [-0.25, -0.2) is 4.68 Å². The summed E-state index contributed by atoms with van der Waals surface area (Å²) in [5, 5.41) is 3.91. The molecule has 1 saturated heterocycles. The van der Waals surface area contributed by atoms with E-state index in [-0.39, 0.29) is 11.6 Å². The standard InChI is InChI=1S/C10H15N3O2/c1-8-7-15-6-5-13(8)9-3-4-11-12(2)10(9)14/h3-4,8H,5-7H2,1-2H3. The Morgan fingerprint density at radius 3 is 3.13 bits per heavy atom. The molecule has 0 N–H and O–H groups in total. The van der Waals surface area contributed by atoms with Crippen LogP contribution in [0.5, 0.6) is 0 Å². The third kappa shape index (κ3) is 1.87. The van der Waals surface area contributed by atoms with Crippen molar-refractivity contribution < 1.29 is 4.74 Å². The van der Waals surface area contributed by atoms with Crippen LogP contribution in [0.3, 0.4) is 0 Å². The van der Waals surface area contributed by atoms with Crippen LogP contribution in [0.1, 0.15) is 6.92 Å². The van der Waals surface area contributed by atoms with Gasteiger partial charge in [0.1, 0.15) is 5.69 Å². The van der Waals surface area contributed by atoms with Crippen LogP contribution in [-0.2, 0) is 11.8 Å². The zero-order valence-electron chi connectivity index (χ0n) is 9.01.